The molecule has 5 fully saturated rings. The maximum atomic E-state index is 9.72. The monoisotopic (exact) mass is 1360 g/mol. The van der Waals surface area contributed by atoms with E-state index in [0.29, 0.717) is 71.0 Å². The van der Waals surface area contributed by atoms with Crippen LogP contribution in [0.3, 0.4) is 0 Å². The highest BCUT2D eigenvalue weighted by molar-refractivity contribution is 6.33. The normalized spacial score (nSPS) is 17.5. The standard InChI is InChI=1S/C23H34ClN7O.C16H19Cl2N5O.C9H5Cl3N4O.C7H16N2.C7H15N/c1-30-13-11-18(12-14-30)31(2)23-28-21(25-16-7-5-3-4-6-8-16)27-22(29-23)26-17-9-10-20(32)19(24)15-17;17-12-9-11(7-8-13(12)24)20-16-22-14(18)21-15(23-16)19-10-5-3-1-2-4-6-10;10-5-3-4(1-2-6(5)17)13-9-15-7(11)14-8(12)16-9;1-8-7-3-5-9(2)6-4-7;8-7-5-3-1-2-4-6-7/h9-10,15-16,18,32H,3-8,11-14H2,1-2H3,(H2,25,26,27,28,29);7-10,24H,1-6H2,(H2,19,20,21,22,23);1-3,17H,(H,13,14,15,16);7-8H,3-6H2,1-2H3;7H,1-6,8H2. The average molecular weight is 1360 g/mol. The fraction of sp³-hybridized carbons (Fsp3) is 0.565. The van der Waals surface area contributed by atoms with Crippen LogP contribution in [0.15, 0.2) is 54.6 Å². The molecule has 0 atom stereocenters. The lowest BCUT2D eigenvalue weighted by atomic mass is 10.0. The Morgan fingerprint density at radius 3 is 1.16 bits per heavy atom. The van der Waals surface area contributed by atoms with Crippen molar-refractivity contribution >= 4 is 122 Å². The van der Waals surface area contributed by atoms with Gasteiger partial charge < -0.3 is 67.7 Å². The molecule has 0 unspecified atom stereocenters. The van der Waals surface area contributed by atoms with E-state index >= 15 is 0 Å². The molecule has 3 saturated carbocycles. The van der Waals surface area contributed by atoms with Crippen molar-refractivity contribution in [2.45, 2.75) is 171 Å². The molecule has 5 heterocycles. The molecular weight excluding hydrogens is 1270 g/mol. The third-order valence-electron chi connectivity index (χ3n) is 16.4. The second-order valence-corrected chi connectivity index (χ2v) is 25.8. The zero-order valence-corrected chi connectivity index (χ0v) is 56.6. The van der Waals surface area contributed by atoms with Gasteiger partial charge in [-0.3, -0.25) is 0 Å². The number of aromatic hydroxyl groups is 3. The van der Waals surface area contributed by atoms with Gasteiger partial charge in [0.05, 0.1) is 15.1 Å². The number of hydrogen-bond donors (Lipinski definition) is 10. The van der Waals surface area contributed by atoms with Gasteiger partial charge in [0.15, 0.2) is 0 Å². The van der Waals surface area contributed by atoms with Gasteiger partial charge >= 0.3 is 0 Å². The Kier molecular flexibility index (Phi) is 30.2. The maximum absolute atomic E-state index is 9.72. The molecule has 492 valence electrons. The van der Waals surface area contributed by atoms with Gasteiger partial charge in [-0.1, -0.05) is 112 Å². The molecule has 0 spiro atoms. The summed E-state index contributed by atoms with van der Waals surface area (Å²) >= 11 is 35.0. The van der Waals surface area contributed by atoms with Crippen LogP contribution in [0.5, 0.6) is 17.2 Å². The van der Waals surface area contributed by atoms with Crippen LogP contribution in [0.4, 0.5) is 52.8 Å². The van der Waals surface area contributed by atoms with Crippen molar-refractivity contribution in [1.82, 2.24) is 60.0 Å². The van der Waals surface area contributed by atoms with Gasteiger partial charge in [0, 0.05) is 54.3 Å². The molecule has 11 rings (SSSR count). The van der Waals surface area contributed by atoms with Gasteiger partial charge in [-0.25, -0.2) is 0 Å². The highest BCUT2D eigenvalue weighted by Crippen LogP contribution is 2.32. The molecule has 28 heteroatoms. The van der Waals surface area contributed by atoms with Gasteiger partial charge in [-0.15, -0.1) is 0 Å². The Hall–Kier alpha value is -5.53. The lowest BCUT2D eigenvalue weighted by molar-refractivity contribution is 0.240. The SMILES string of the molecule is CN1CCC(N(C)c2nc(Nc3ccc(O)c(Cl)c3)nc(NC3CCCCCC3)n2)CC1.CNC1CCN(C)CC1.NC1CCCCCC1.Oc1ccc(Nc2nc(Cl)nc(Cl)n2)cc1Cl.Oc1ccc(Nc2nc(Cl)nc(NC3CCCCCC3)n2)cc1Cl. The number of piperidine rings is 2. The first-order chi connectivity index (χ1) is 43.3. The van der Waals surface area contributed by atoms with Gasteiger partial charge in [0.1, 0.15) is 17.2 Å². The number of phenolic OH excluding ortho intramolecular Hbond substituents is 3. The van der Waals surface area contributed by atoms with Gasteiger partial charge in [-0.05, 0) is 201 Å². The minimum atomic E-state index is -0.0163. The first kappa shape index (κ1) is 71.9. The fourth-order valence-corrected chi connectivity index (χ4v) is 12.1. The summed E-state index contributed by atoms with van der Waals surface area (Å²) in [7, 11) is 8.47. The second kappa shape index (κ2) is 37.8. The number of hydrogen-bond acceptors (Lipinski definition) is 22. The van der Waals surface area contributed by atoms with Crippen LogP contribution in [0.1, 0.15) is 141 Å². The summed E-state index contributed by atoms with van der Waals surface area (Å²) in [5.74, 6) is 2.78. The van der Waals surface area contributed by atoms with E-state index in [1.54, 1.807) is 36.4 Å². The van der Waals surface area contributed by atoms with Crippen molar-refractivity contribution < 1.29 is 15.3 Å². The van der Waals surface area contributed by atoms with E-state index in [2.05, 4.69) is 110 Å². The van der Waals surface area contributed by atoms with E-state index in [0.717, 1.165) is 57.7 Å². The molecule has 2 aliphatic heterocycles. The minimum absolute atomic E-state index is 0.0103. The Balaban J connectivity index is 0.000000174. The van der Waals surface area contributed by atoms with Gasteiger partial charge in [-0.2, -0.15) is 44.9 Å². The Morgan fingerprint density at radius 2 is 0.756 bits per heavy atom. The number of phenols is 3. The quantitative estimate of drug-likeness (QED) is 0.0380. The molecule has 6 aromatic rings. The fourth-order valence-electron chi connectivity index (χ4n) is 11.0. The highest BCUT2D eigenvalue weighted by atomic mass is 35.5. The van der Waals surface area contributed by atoms with Crippen LogP contribution in [-0.2, 0) is 0 Å². The molecule has 90 heavy (non-hydrogen) atoms. The lowest BCUT2D eigenvalue weighted by Crippen LogP contribution is -2.42. The predicted octanol–water partition coefficient (Wildman–Crippen LogP) is 14.7. The van der Waals surface area contributed by atoms with Gasteiger partial charge in [0.2, 0.25) is 51.5 Å². The van der Waals surface area contributed by atoms with Crippen molar-refractivity contribution in [1.29, 1.82) is 0 Å². The average Bonchev–Trinajstić information content (AvgIpc) is 1.34. The van der Waals surface area contributed by atoms with Crippen molar-refractivity contribution in [3.63, 3.8) is 0 Å². The van der Waals surface area contributed by atoms with E-state index in [4.69, 9.17) is 85.3 Å². The molecule has 3 aromatic heterocycles. The number of benzene rings is 3. The third-order valence-corrected chi connectivity index (χ3v) is 17.8. The molecular formula is C62H89Cl6N19O3. The van der Waals surface area contributed by atoms with Crippen LogP contribution < -0.4 is 42.5 Å². The van der Waals surface area contributed by atoms with E-state index in [1.807, 2.05) is 0 Å². The zero-order chi connectivity index (χ0) is 64.4. The molecule has 22 nitrogen and oxygen atoms in total. The molecule has 3 aromatic carbocycles. The molecule has 0 amide bonds. The first-order valence-electron chi connectivity index (χ1n) is 31.4. The second-order valence-electron chi connectivity index (χ2n) is 23.5. The Bertz CT molecular complexity index is 3090. The van der Waals surface area contributed by atoms with Crippen LogP contribution in [0.25, 0.3) is 0 Å². The number of rotatable bonds is 13. The number of anilines is 9. The van der Waals surface area contributed by atoms with Crippen molar-refractivity contribution in [3.05, 3.63) is 85.5 Å². The number of halogens is 6. The zero-order valence-electron chi connectivity index (χ0n) is 52.0. The minimum Gasteiger partial charge on any atom is -0.506 e. The molecule has 2 saturated heterocycles. The first-order valence-corrected chi connectivity index (χ1v) is 33.7. The lowest BCUT2D eigenvalue weighted by Gasteiger charge is -2.35. The largest absolute Gasteiger partial charge is 0.506 e. The smallest absolute Gasteiger partial charge is 0.233 e. The van der Waals surface area contributed by atoms with Crippen molar-refractivity contribution in [2.24, 2.45) is 5.73 Å². The van der Waals surface area contributed by atoms with Crippen LogP contribution >= 0.6 is 69.6 Å². The van der Waals surface area contributed by atoms with E-state index in [-0.39, 0.29) is 54.1 Å². The number of likely N-dealkylation sites (tertiary alicyclic amines) is 2. The van der Waals surface area contributed by atoms with E-state index in [1.165, 1.54) is 134 Å². The van der Waals surface area contributed by atoms with Crippen LogP contribution in [0, 0.1) is 0 Å². The predicted molar refractivity (Wildman–Crippen MR) is 368 cm³/mol. The summed E-state index contributed by atoms with van der Waals surface area (Å²) in [6.45, 7) is 4.66. The molecule has 5 aliphatic rings. The number of aromatic nitrogens is 9. The molecule has 11 N–H and O–H groups in total. The third kappa shape index (κ3) is 25.5. The maximum Gasteiger partial charge on any atom is 0.233 e. The molecule has 0 radical (unpaired) electrons. The Morgan fingerprint density at radius 1 is 0.422 bits per heavy atom. The summed E-state index contributed by atoms with van der Waals surface area (Å²) < 4.78 is 0. The number of nitrogens with one attached hydrogen (secondary N) is 6. The van der Waals surface area contributed by atoms with Crippen molar-refractivity contribution in [2.75, 3.05) is 85.9 Å². The summed E-state index contributed by atoms with van der Waals surface area (Å²) in [5, 5.41) is 48.6. The summed E-state index contributed by atoms with van der Waals surface area (Å²) in [4.78, 5) is 45.0. The highest BCUT2D eigenvalue weighted by Gasteiger charge is 2.25. The van der Waals surface area contributed by atoms with E-state index in [9.17, 15) is 15.3 Å². The van der Waals surface area contributed by atoms with Crippen molar-refractivity contribution in [3.8, 4) is 17.2 Å². The Labute approximate surface area is 560 Å². The van der Waals surface area contributed by atoms with Gasteiger partial charge in [0.25, 0.3) is 0 Å². The number of nitrogens with zero attached hydrogens (tertiary/aromatic N) is 12. The topological polar surface area (TPSA) is 285 Å². The summed E-state index contributed by atoms with van der Waals surface area (Å²) in [6.07, 6.45) is 27.4. The number of nitrogens with two attached hydrogens (primary N) is 1. The summed E-state index contributed by atoms with van der Waals surface area (Å²) in [5.41, 5.74) is 7.69. The summed E-state index contributed by atoms with van der Waals surface area (Å²) in [6, 6.07) is 16.8. The van der Waals surface area contributed by atoms with Crippen LogP contribution in [0.2, 0.25) is 30.9 Å². The molecule has 3 aliphatic carbocycles. The molecule has 0 bridgehead atoms. The van der Waals surface area contributed by atoms with E-state index < -0.39 is 0 Å². The van der Waals surface area contributed by atoms with Crippen LogP contribution in [-0.4, -0.2) is 155 Å².